The van der Waals surface area contributed by atoms with Gasteiger partial charge in [-0.25, -0.2) is 0 Å². The standard InChI is InChI=1S/C12H24N4O2/c1-5-7-13-10(3)11-14-15-12(18-11)16(6-2)8-9-17-4/h10,13H,5-9H2,1-4H3. The number of anilines is 1. The Morgan fingerprint density at radius 1 is 1.39 bits per heavy atom. The molecule has 0 saturated carbocycles. The van der Waals surface area contributed by atoms with Crippen molar-refractivity contribution in [2.45, 2.75) is 33.2 Å². The lowest BCUT2D eigenvalue weighted by Gasteiger charge is -2.17. The zero-order valence-electron chi connectivity index (χ0n) is 11.8. The van der Waals surface area contributed by atoms with Gasteiger partial charge in [-0.1, -0.05) is 12.0 Å². The molecule has 104 valence electrons. The molecule has 0 fully saturated rings. The van der Waals surface area contributed by atoms with Gasteiger partial charge in [-0.3, -0.25) is 0 Å². The third-order valence-electron chi connectivity index (χ3n) is 2.72. The van der Waals surface area contributed by atoms with Crippen molar-refractivity contribution < 1.29 is 9.15 Å². The summed E-state index contributed by atoms with van der Waals surface area (Å²) in [7, 11) is 1.68. The van der Waals surface area contributed by atoms with Crippen molar-refractivity contribution in [1.82, 2.24) is 15.5 Å². The number of hydrogen-bond donors (Lipinski definition) is 1. The fraction of sp³-hybridized carbons (Fsp3) is 0.833. The summed E-state index contributed by atoms with van der Waals surface area (Å²) in [6.45, 7) is 9.38. The van der Waals surface area contributed by atoms with Crippen molar-refractivity contribution >= 4 is 6.01 Å². The first kappa shape index (κ1) is 14.9. The highest BCUT2D eigenvalue weighted by atomic mass is 16.5. The molecule has 1 aromatic rings. The van der Waals surface area contributed by atoms with E-state index in [1.165, 1.54) is 0 Å². The van der Waals surface area contributed by atoms with Crippen LogP contribution in [0.5, 0.6) is 0 Å². The fourth-order valence-corrected chi connectivity index (χ4v) is 1.57. The van der Waals surface area contributed by atoms with Crippen LogP contribution in [0.2, 0.25) is 0 Å². The van der Waals surface area contributed by atoms with Crippen molar-refractivity contribution in [2.24, 2.45) is 0 Å². The lowest BCUT2D eigenvalue weighted by Crippen LogP contribution is -2.27. The molecule has 0 aliphatic carbocycles. The summed E-state index contributed by atoms with van der Waals surface area (Å²) in [5.74, 6) is 0.634. The van der Waals surface area contributed by atoms with E-state index in [2.05, 4.69) is 29.4 Å². The molecule has 0 aliphatic heterocycles. The quantitative estimate of drug-likeness (QED) is 0.724. The Labute approximate surface area is 109 Å². The Balaban J connectivity index is 2.59. The van der Waals surface area contributed by atoms with Gasteiger partial charge in [-0.05, 0) is 26.8 Å². The minimum absolute atomic E-state index is 0.0901. The number of rotatable bonds is 9. The number of nitrogens with one attached hydrogen (secondary N) is 1. The third-order valence-corrected chi connectivity index (χ3v) is 2.72. The van der Waals surface area contributed by atoms with Crippen LogP contribution in [-0.2, 0) is 4.74 Å². The molecule has 0 aliphatic rings. The second-order valence-corrected chi connectivity index (χ2v) is 4.17. The molecular formula is C12H24N4O2. The van der Waals surface area contributed by atoms with Crippen LogP contribution in [-0.4, -0.2) is 43.5 Å². The van der Waals surface area contributed by atoms with Gasteiger partial charge in [0.15, 0.2) is 0 Å². The first-order valence-corrected chi connectivity index (χ1v) is 6.53. The van der Waals surface area contributed by atoms with Gasteiger partial charge in [-0.15, -0.1) is 5.10 Å². The number of hydrogen-bond acceptors (Lipinski definition) is 6. The predicted octanol–water partition coefficient (Wildman–Crippen LogP) is 1.60. The smallest absolute Gasteiger partial charge is 0.318 e. The second-order valence-electron chi connectivity index (χ2n) is 4.17. The lowest BCUT2D eigenvalue weighted by molar-refractivity contribution is 0.204. The molecule has 6 nitrogen and oxygen atoms in total. The maximum atomic E-state index is 5.68. The van der Waals surface area contributed by atoms with Gasteiger partial charge >= 0.3 is 6.01 Å². The van der Waals surface area contributed by atoms with Crippen LogP contribution in [0.1, 0.15) is 39.1 Å². The number of aromatic nitrogens is 2. The highest BCUT2D eigenvalue weighted by Gasteiger charge is 2.16. The van der Waals surface area contributed by atoms with E-state index in [1.807, 2.05) is 11.8 Å². The normalized spacial score (nSPS) is 12.7. The molecule has 6 heteroatoms. The Bertz CT molecular complexity index is 330. The van der Waals surface area contributed by atoms with E-state index < -0.39 is 0 Å². The number of nitrogens with zero attached hydrogens (tertiary/aromatic N) is 3. The molecular weight excluding hydrogens is 232 g/mol. The van der Waals surface area contributed by atoms with Crippen molar-refractivity contribution in [2.75, 3.05) is 38.3 Å². The highest BCUT2D eigenvalue weighted by molar-refractivity contribution is 5.23. The SMILES string of the molecule is CCCNC(C)c1nnc(N(CC)CCOC)o1. The fourth-order valence-electron chi connectivity index (χ4n) is 1.57. The van der Waals surface area contributed by atoms with Crippen LogP contribution < -0.4 is 10.2 Å². The van der Waals surface area contributed by atoms with E-state index in [4.69, 9.17) is 9.15 Å². The molecule has 1 unspecified atom stereocenters. The van der Waals surface area contributed by atoms with Crippen LogP contribution >= 0.6 is 0 Å². The average Bonchev–Trinajstić information content (AvgIpc) is 2.86. The second kappa shape index (κ2) is 8.05. The molecule has 1 heterocycles. The average molecular weight is 256 g/mol. The van der Waals surface area contributed by atoms with Crippen molar-refractivity contribution in [3.63, 3.8) is 0 Å². The molecule has 0 saturated heterocycles. The van der Waals surface area contributed by atoms with E-state index in [0.717, 1.165) is 26.1 Å². The topological polar surface area (TPSA) is 63.4 Å². The largest absolute Gasteiger partial charge is 0.406 e. The first-order valence-electron chi connectivity index (χ1n) is 6.53. The Morgan fingerprint density at radius 2 is 2.17 bits per heavy atom. The van der Waals surface area contributed by atoms with Crippen molar-refractivity contribution in [3.8, 4) is 0 Å². The summed E-state index contributed by atoms with van der Waals surface area (Å²) in [5.41, 5.74) is 0. The van der Waals surface area contributed by atoms with Gasteiger partial charge in [-0.2, -0.15) is 0 Å². The monoisotopic (exact) mass is 256 g/mol. The number of ether oxygens (including phenoxy) is 1. The molecule has 0 amide bonds. The highest BCUT2D eigenvalue weighted by Crippen LogP contribution is 2.16. The first-order chi connectivity index (χ1) is 8.72. The Hall–Kier alpha value is -1.14. The van der Waals surface area contributed by atoms with Crippen molar-refractivity contribution in [1.29, 1.82) is 0 Å². The zero-order valence-corrected chi connectivity index (χ0v) is 11.8. The number of methoxy groups -OCH3 is 1. The molecule has 1 aromatic heterocycles. The van der Waals surface area contributed by atoms with Crippen LogP contribution in [0.3, 0.4) is 0 Å². The van der Waals surface area contributed by atoms with E-state index in [-0.39, 0.29) is 6.04 Å². The lowest BCUT2D eigenvalue weighted by atomic mass is 10.3. The minimum atomic E-state index is 0.0901. The van der Waals surface area contributed by atoms with E-state index in [9.17, 15) is 0 Å². The summed E-state index contributed by atoms with van der Waals surface area (Å²) < 4.78 is 10.7. The molecule has 0 spiro atoms. The summed E-state index contributed by atoms with van der Waals surface area (Å²) in [6.07, 6.45) is 1.08. The Morgan fingerprint density at radius 3 is 2.78 bits per heavy atom. The minimum Gasteiger partial charge on any atom is -0.406 e. The number of likely N-dealkylation sites (N-methyl/N-ethyl adjacent to an activating group) is 1. The van der Waals surface area contributed by atoms with Gasteiger partial charge in [0.1, 0.15) is 0 Å². The van der Waals surface area contributed by atoms with Gasteiger partial charge in [0.25, 0.3) is 0 Å². The van der Waals surface area contributed by atoms with E-state index in [0.29, 0.717) is 18.5 Å². The summed E-state index contributed by atoms with van der Waals surface area (Å²) >= 11 is 0. The predicted molar refractivity (Wildman–Crippen MR) is 70.8 cm³/mol. The molecule has 1 N–H and O–H groups in total. The van der Waals surface area contributed by atoms with Gasteiger partial charge in [0.05, 0.1) is 12.6 Å². The van der Waals surface area contributed by atoms with Crippen LogP contribution in [0.15, 0.2) is 4.42 Å². The maximum Gasteiger partial charge on any atom is 0.318 e. The molecule has 0 radical (unpaired) electrons. The molecule has 18 heavy (non-hydrogen) atoms. The van der Waals surface area contributed by atoms with E-state index >= 15 is 0 Å². The van der Waals surface area contributed by atoms with Crippen LogP contribution in [0.4, 0.5) is 6.01 Å². The van der Waals surface area contributed by atoms with E-state index in [1.54, 1.807) is 7.11 Å². The molecule has 0 aromatic carbocycles. The van der Waals surface area contributed by atoms with Gasteiger partial charge in [0, 0.05) is 20.2 Å². The summed E-state index contributed by atoms with van der Waals surface area (Å²) in [5, 5.41) is 11.5. The van der Waals surface area contributed by atoms with Crippen LogP contribution in [0, 0.1) is 0 Å². The summed E-state index contributed by atoms with van der Waals surface area (Å²) in [4.78, 5) is 2.01. The molecule has 1 rings (SSSR count). The van der Waals surface area contributed by atoms with Crippen LogP contribution in [0.25, 0.3) is 0 Å². The third kappa shape index (κ3) is 4.27. The summed E-state index contributed by atoms with van der Waals surface area (Å²) in [6, 6.07) is 0.655. The molecule has 1 atom stereocenters. The zero-order chi connectivity index (χ0) is 13.4. The van der Waals surface area contributed by atoms with Crippen molar-refractivity contribution in [3.05, 3.63) is 5.89 Å². The molecule has 0 bridgehead atoms. The van der Waals surface area contributed by atoms with Gasteiger partial charge in [0.2, 0.25) is 5.89 Å². The Kier molecular flexibility index (Phi) is 6.67. The van der Waals surface area contributed by atoms with Gasteiger partial charge < -0.3 is 19.4 Å². The maximum absolute atomic E-state index is 5.68.